The van der Waals surface area contributed by atoms with Crippen LogP contribution in [-0.4, -0.2) is 65.3 Å². The Kier molecular flexibility index (Phi) is 6.74. The largest absolute Gasteiger partial charge is 0.461 e. The lowest BCUT2D eigenvalue weighted by atomic mass is 9.92. The number of hydrogen-bond acceptors (Lipinski definition) is 7. The monoisotopic (exact) mass is 622 g/mol. The number of nitrogens with one attached hydrogen (secondary N) is 1. The lowest BCUT2D eigenvalue weighted by Gasteiger charge is -2.35. The third kappa shape index (κ3) is 4.52. The number of halogens is 3. The number of allylic oxidation sites excluding steroid dienone is 1. The van der Waals surface area contributed by atoms with Gasteiger partial charge in [-0.1, -0.05) is 35.8 Å². The molecule has 4 aromatic rings. The van der Waals surface area contributed by atoms with Crippen LogP contribution in [0.2, 0.25) is 0 Å². The van der Waals surface area contributed by atoms with Crippen LogP contribution in [0.3, 0.4) is 0 Å². The number of anilines is 2. The maximum Gasteiger partial charge on any atom is 0.319 e. The second-order valence-corrected chi connectivity index (χ2v) is 12.8. The number of benzene rings is 3. The maximum absolute atomic E-state index is 16.9. The van der Waals surface area contributed by atoms with Crippen molar-refractivity contribution in [3.8, 4) is 29.5 Å². The number of nitrogens with two attached hydrogens (primary N) is 1. The van der Waals surface area contributed by atoms with Crippen molar-refractivity contribution < 1.29 is 17.9 Å². The molecule has 8 rings (SSSR count). The highest BCUT2D eigenvalue weighted by atomic mass is 19.1. The van der Waals surface area contributed by atoms with Crippen LogP contribution in [0.15, 0.2) is 54.1 Å². The Morgan fingerprint density at radius 3 is 2.70 bits per heavy atom. The minimum Gasteiger partial charge on any atom is -0.461 e. The summed E-state index contributed by atoms with van der Waals surface area (Å²) < 4.78 is 54.4. The molecule has 0 amide bonds. The number of hydrogen-bond donors (Lipinski definition) is 2. The van der Waals surface area contributed by atoms with E-state index in [1.165, 1.54) is 29.8 Å². The molecule has 2 unspecified atom stereocenters. The van der Waals surface area contributed by atoms with Crippen LogP contribution < -0.4 is 20.7 Å². The van der Waals surface area contributed by atoms with Gasteiger partial charge in [0, 0.05) is 48.2 Å². The molecule has 10 heteroatoms. The molecule has 0 saturated carbocycles. The van der Waals surface area contributed by atoms with E-state index in [1.54, 1.807) is 6.07 Å². The van der Waals surface area contributed by atoms with E-state index in [2.05, 4.69) is 46.3 Å². The molecule has 2 bridgehead atoms. The van der Waals surface area contributed by atoms with Crippen molar-refractivity contribution in [2.75, 3.05) is 43.4 Å². The summed E-state index contributed by atoms with van der Waals surface area (Å²) in [5.74, 6) is 0.311. The second kappa shape index (κ2) is 10.7. The maximum atomic E-state index is 16.9. The average Bonchev–Trinajstić information content (AvgIpc) is 3.71. The second-order valence-electron chi connectivity index (χ2n) is 12.8. The molecule has 5 heterocycles. The molecule has 3 fully saturated rings. The highest BCUT2D eigenvalue weighted by molar-refractivity contribution is 6.05. The van der Waals surface area contributed by atoms with Crippen molar-refractivity contribution in [2.24, 2.45) is 0 Å². The quantitative estimate of drug-likeness (QED) is 0.168. The Balaban J connectivity index is 1.30. The van der Waals surface area contributed by atoms with Gasteiger partial charge in [-0.3, -0.25) is 4.90 Å². The number of nitrogens with zero attached hydrogens (tertiary/aromatic N) is 4. The number of aromatic nitrogens is 2. The van der Waals surface area contributed by atoms with Gasteiger partial charge in [0.05, 0.1) is 16.7 Å². The van der Waals surface area contributed by atoms with E-state index in [0.717, 1.165) is 32.4 Å². The van der Waals surface area contributed by atoms with Crippen LogP contribution in [0.5, 0.6) is 6.01 Å². The van der Waals surface area contributed by atoms with Crippen molar-refractivity contribution in [2.45, 2.75) is 43.8 Å². The van der Waals surface area contributed by atoms with Crippen molar-refractivity contribution in [1.82, 2.24) is 20.2 Å². The molecular weight excluding hydrogens is 589 g/mol. The zero-order valence-electron chi connectivity index (χ0n) is 25.4. The van der Waals surface area contributed by atoms with Gasteiger partial charge >= 0.3 is 6.01 Å². The van der Waals surface area contributed by atoms with Crippen LogP contribution in [0.4, 0.5) is 24.7 Å². The van der Waals surface area contributed by atoms with Gasteiger partial charge in [-0.15, -0.1) is 6.42 Å². The number of piperazine rings is 1. The van der Waals surface area contributed by atoms with E-state index in [-0.39, 0.29) is 56.7 Å². The van der Waals surface area contributed by atoms with Gasteiger partial charge in [0.25, 0.3) is 0 Å². The molecule has 0 spiro atoms. The van der Waals surface area contributed by atoms with E-state index < -0.39 is 23.0 Å². The summed E-state index contributed by atoms with van der Waals surface area (Å²) >= 11 is 0. The Hall–Kier alpha value is -4.59. The lowest BCUT2D eigenvalue weighted by molar-refractivity contribution is 0.108. The van der Waals surface area contributed by atoms with Gasteiger partial charge in [0.2, 0.25) is 0 Å². The van der Waals surface area contributed by atoms with Crippen molar-refractivity contribution >= 4 is 33.2 Å². The Bertz CT molecular complexity index is 2020. The van der Waals surface area contributed by atoms with Crippen LogP contribution in [0.25, 0.3) is 32.8 Å². The fourth-order valence-electron chi connectivity index (χ4n) is 7.89. The van der Waals surface area contributed by atoms with Crippen LogP contribution in [0, 0.1) is 29.8 Å². The molecule has 3 aromatic carbocycles. The lowest BCUT2D eigenvalue weighted by Crippen LogP contribution is -2.52. The minimum absolute atomic E-state index is 0.0285. The Morgan fingerprint density at radius 1 is 1.13 bits per heavy atom. The molecule has 4 aliphatic rings. The summed E-state index contributed by atoms with van der Waals surface area (Å²) in [5.41, 5.74) is 7.11. The summed E-state index contributed by atoms with van der Waals surface area (Å²) in [7, 11) is 0. The molecule has 3 N–H and O–H groups in total. The molecule has 3 saturated heterocycles. The van der Waals surface area contributed by atoms with E-state index in [4.69, 9.17) is 21.9 Å². The van der Waals surface area contributed by atoms with Crippen LogP contribution in [0.1, 0.15) is 31.7 Å². The van der Waals surface area contributed by atoms with Gasteiger partial charge in [0.15, 0.2) is 5.82 Å². The zero-order valence-corrected chi connectivity index (χ0v) is 25.4. The highest BCUT2D eigenvalue weighted by Crippen LogP contribution is 2.43. The Labute approximate surface area is 264 Å². The molecule has 3 atom stereocenters. The summed E-state index contributed by atoms with van der Waals surface area (Å²) in [4.78, 5) is 13.8. The first kappa shape index (κ1) is 28.9. The highest BCUT2D eigenvalue weighted by Gasteiger charge is 2.47. The number of terminal acetylenes is 1. The fraction of sp³-hybridized carbons (Fsp3) is 0.333. The zero-order chi connectivity index (χ0) is 31.7. The molecule has 1 aromatic heterocycles. The molecule has 46 heavy (non-hydrogen) atoms. The normalized spacial score (nSPS) is 24.8. The van der Waals surface area contributed by atoms with Crippen molar-refractivity contribution in [3.05, 3.63) is 77.1 Å². The predicted molar refractivity (Wildman–Crippen MR) is 174 cm³/mol. The molecule has 0 radical (unpaired) electrons. The van der Waals surface area contributed by atoms with Gasteiger partial charge in [-0.25, -0.2) is 13.2 Å². The van der Waals surface area contributed by atoms with E-state index in [1.807, 2.05) is 4.90 Å². The number of ether oxygens (including phenoxy) is 1. The molecular formula is C36H33F3N6O. The van der Waals surface area contributed by atoms with Gasteiger partial charge in [-0.05, 0) is 67.9 Å². The summed E-state index contributed by atoms with van der Waals surface area (Å²) in [6.45, 7) is 5.44. The molecule has 234 valence electrons. The molecule has 7 nitrogen and oxygen atoms in total. The topological polar surface area (TPSA) is 79.5 Å². The fourth-order valence-corrected chi connectivity index (χ4v) is 7.89. The number of nitrogen functional groups attached to an aromatic ring is 1. The SMILES string of the molecule is C#Cc1c(F)ccc2cc(N)cc(-c3c(F)cc4c(N5CC6C=CC(C5)N6)nc(OC[C@]56CCCN5C/C(=C/C)C6)nc4c3F)c12. The third-order valence-electron chi connectivity index (χ3n) is 10.1. The Morgan fingerprint density at radius 2 is 1.93 bits per heavy atom. The van der Waals surface area contributed by atoms with Crippen molar-refractivity contribution in [1.29, 1.82) is 0 Å². The molecule has 0 aliphatic carbocycles. The first-order valence-electron chi connectivity index (χ1n) is 15.7. The first-order valence-corrected chi connectivity index (χ1v) is 15.7. The molecule has 4 aliphatic heterocycles. The predicted octanol–water partition coefficient (Wildman–Crippen LogP) is 5.71. The summed E-state index contributed by atoms with van der Waals surface area (Å²) in [5, 5.41) is 4.39. The van der Waals surface area contributed by atoms with Gasteiger partial charge in [0.1, 0.15) is 29.6 Å². The van der Waals surface area contributed by atoms with Crippen LogP contribution >= 0.6 is 0 Å². The van der Waals surface area contributed by atoms with E-state index in [9.17, 15) is 4.39 Å². The van der Waals surface area contributed by atoms with Gasteiger partial charge < -0.3 is 20.7 Å². The number of rotatable bonds is 5. The minimum atomic E-state index is -0.920. The summed E-state index contributed by atoms with van der Waals surface area (Å²) in [6.07, 6.45) is 15.0. The number of fused-ring (bicyclic) bond motifs is 5. The van der Waals surface area contributed by atoms with Crippen molar-refractivity contribution in [3.63, 3.8) is 0 Å². The van der Waals surface area contributed by atoms with Gasteiger partial charge in [-0.2, -0.15) is 9.97 Å². The average molecular weight is 623 g/mol. The first-order chi connectivity index (χ1) is 22.3. The van der Waals surface area contributed by atoms with E-state index >= 15 is 8.78 Å². The van der Waals surface area contributed by atoms with Crippen LogP contribution in [-0.2, 0) is 0 Å². The smallest absolute Gasteiger partial charge is 0.319 e. The van der Waals surface area contributed by atoms with E-state index in [0.29, 0.717) is 30.9 Å². The third-order valence-corrected chi connectivity index (χ3v) is 10.1. The summed E-state index contributed by atoms with van der Waals surface area (Å²) in [6, 6.07) is 7.19. The standard InChI is InChI=1S/C36H33F3N6O/c1-3-20-15-36(10-5-11-45(36)16-20)19-46-35-42-33-27(34(43-35)44-17-23-7-8-24(18-44)41-23)14-29(38)31(32(33)39)26-13-22(40)12-21-6-9-28(37)25(4-2)30(21)26/h2-3,6-9,12-14,23-24,41H,5,10-11,15-19,40H2,1H3/b20-3+/t23?,24?,36-/m1/s1.